The third-order valence-corrected chi connectivity index (χ3v) is 2.63. The van der Waals surface area contributed by atoms with Crippen molar-refractivity contribution in [2.75, 3.05) is 13.1 Å². The predicted molar refractivity (Wildman–Crippen MR) is 59.9 cm³/mol. The molecule has 0 aliphatic carbocycles. The van der Waals surface area contributed by atoms with Gasteiger partial charge in [-0.1, -0.05) is 13.8 Å². The van der Waals surface area contributed by atoms with Crippen LogP contribution in [0.3, 0.4) is 0 Å². The first-order chi connectivity index (χ1) is 6.74. The maximum Gasteiger partial charge on any atom is 0.0357 e. The summed E-state index contributed by atoms with van der Waals surface area (Å²) >= 11 is 0. The summed E-state index contributed by atoms with van der Waals surface area (Å²) in [4.78, 5) is 3.16. The Bertz CT molecular complexity index is 229. The Morgan fingerprint density at radius 2 is 2.29 bits per heavy atom. The number of aromatic nitrogens is 1. The van der Waals surface area contributed by atoms with Crippen LogP contribution in [0.5, 0.6) is 0 Å². The first-order valence-electron chi connectivity index (χ1n) is 5.27. The van der Waals surface area contributed by atoms with Gasteiger partial charge in [0.25, 0.3) is 0 Å². The highest BCUT2D eigenvalue weighted by Crippen LogP contribution is 2.07. The molecule has 1 aromatic rings. The van der Waals surface area contributed by atoms with Gasteiger partial charge in [-0.2, -0.15) is 0 Å². The van der Waals surface area contributed by atoms with Crippen molar-refractivity contribution in [3.63, 3.8) is 0 Å². The van der Waals surface area contributed by atoms with E-state index in [0.29, 0.717) is 11.8 Å². The third kappa shape index (κ3) is 3.52. The van der Waals surface area contributed by atoms with E-state index in [9.17, 15) is 0 Å². The molecule has 0 fully saturated rings. The van der Waals surface area contributed by atoms with Gasteiger partial charge in [-0.3, -0.25) is 0 Å². The molecule has 1 heterocycles. The molecule has 1 atom stereocenters. The van der Waals surface area contributed by atoms with Crippen LogP contribution < -0.4 is 11.1 Å². The van der Waals surface area contributed by atoms with Crippen molar-refractivity contribution < 1.29 is 0 Å². The van der Waals surface area contributed by atoms with Crippen LogP contribution in [0, 0.1) is 11.8 Å². The lowest BCUT2D eigenvalue weighted by molar-refractivity contribution is 0.370. The topological polar surface area (TPSA) is 53.8 Å². The minimum atomic E-state index is 0.574. The molecule has 14 heavy (non-hydrogen) atoms. The molecule has 0 radical (unpaired) electrons. The second kappa shape index (κ2) is 5.83. The van der Waals surface area contributed by atoms with Gasteiger partial charge >= 0.3 is 0 Å². The molecule has 0 amide bonds. The molecule has 4 N–H and O–H groups in total. The van der Waals surface area contributed by atoms with Crippen molar-refractivity contribution in [1.29, 1.82) is 0 Å². The smallest absolute Gasteiger partial charge is 0.0357 e. The second-order valence-corrected chi connectivity index (χ2v) is 4.07. The third-order valence-electron chi connectivity index (χ3n) is 2.63. The minimum Gasteiger partial charge on any atom is -0.364 e. The average Bonchev–Trinajstić information content (AvgIpc) is 2.64. The van der Waals surface area contributed by atoms with E-state index in [-0.39, 0.29) is 0 Å². The predicted octanol–water partition coefficient (Wildman–Crippen LogP) is 1.34. The average molecular weight is 195 g/mol. The highest BCUT2D eigenvalue weighted by atomic mass is 14.9. The molecule has 0 saturated heterocycles. The van der Waals surface area contributed by atoms with E-state index in [1.807, 2.05) is 12.3 Å². The molecule has 0 saturated carbocycles. The Kier molecular flexibility index (Phi) is 4.70. The van der Waals surface area contributed by atoms with E-state index in [0.717, 1.165) is 19.6 Å². The molecule has 0 aromatic carbocycles. The molecule has 80 valence electrons. The lowest BCUT2D eigenvalue weighted by Gasteiger charge is -2.18. The lowest BCUT2D eigenvalue weighted by atomic mass is 9.96. The van der Waals surface area contributed by atoms with Crippen molar-refractivity contribution in [1.82, 2.24) is 10.3 Å². The van der Waals surface area contributed by atoms with E-state index in [2.05, 4.69) is 30.2 Å². The summed E-state index contributed by atoms with van der Waals surface area (Å²) < 4.78 is 0. The Hall–Kier alpha value is -0.800. The molecule has 0 aliphatic rings. The van der Waals surface area contributed by atoms with Gasteiger partial charge in [-0.05, 0) is 37.1 Å². The Morgan fingerprint density at radius 1 is 1.50 bits per heavy atom. The monoisotopic (exact) mass is 195 g/mol. The number of nitrogens with two attached hydrogens (primary N) is 1. The number of rotatable bonds is 6. The summed E-state index contributed by atoms with van der Waals surface area (Å²) in [6.45, 7) is 7.08. The molecule has 3 heteroatoms. The molecular weight excluding hydrogens is 174 g/mol. The second-order valence-electron chi connectivity index (χ2n) is 4.07. The number of aromatic amines is 1. The summed E-state index contributed by atoms with van der Waals surface area (Å²) in [5.41, 5.74) is 6.91. The number of hydrogen-bond acceptors (Lipinski definition) is 2. The van der Waals surface area contributed by atoms with Crippen LogP contribution >= 0.6 is 0 Å². The Labute approximate surface area is 86.1 Å². The maximum absolute atomic E-state index is 5.69. The summed E-state index contributed by atoms with van der Waals surface area (Å²) in [5.74, 6) is 1.22. The zero-order chi connectivity index (χ0) is 10.4. The van der Waals surface area contributed by atoms with Gasteiger partial charge in [0.1, 0.15) is 0 Å². The van der Waals surface area contributed by atoms with Crippen LogP contribution in [0.4, 0.5) is 0 Å². The summed E-state index contributed by atoms with van der Waals surface area (Å²) in [6, 6.07) is 4.10. The SMILES string of the molecule is CC(C)C(CN)CNCc1ccc[nH]1. The largest absolute Gasteiger partial charge is 0.364 e. The molecule has 0 spiro atoms. The molecule has 0 bridgehead atoms. The van der Waals surface area contributed by atoms with Crippen molar-refractivity contribution in [3.05, 3.63) is 24.0 Å². The first-order valence-corrected chi connectivity index (χ1v) is 5.27. The first kappa shape index (κ1) is 11.3. The van der Waals surface area contributed by atoms with Crippen LogP contribution in [0.15, 0.2) is 18.3 Å². The molecule has 0 aliphatic heterocycles. The summed E-state index contributed by atoms with van der Waals surface area (Å²) in [5, 5.41) is 3.41. The molecule has 1 rings (SSSR count). The minimum absolute atomic E-state index is 0.574. The zero-order valence-electron chi connectivity index (χ0n) is 9.09. The maximum atomic E-state index is 5.69. The van der Waals surface area contributed by atoms with Crippen LogP contribution in [-0.2, 0) is 6.54 Å². The molecule has 1 aromatic heterocycles. The van der Waals surface area contributed by atoms with Gasteiger partial charge in [0.2, 0.25) is 0 Å². The van der Waals surface area contributed by atoms with Gasteiger partial charge in [-0.15, -0.1) is 0 Å². The lowest BCUT2D eigenvalue weighted by Crippen LogP contribution is -2.31. The van der Waals surface area contributed by atoms with Gasteiger partial charge in [-0.25, -0.2) is 0 Å². The van der Waals surface area contributed by atoms with E-state index in [1.165, 1.54) is 5.69 Å². The highest BCUT2D eigenvalue weighted by molar-refractivity contribution is 5.02. The van der Waals surface area contributed by atoms with E-state index in [1.54, 1.807) is 0 Å². The van der Waals surface area contributed by atoms with E-state index >= 15 is 0 Å². The molecule has 3 nitrogen and oxygen atoms in total. The van der Waals surface area contributed by atoms with Crippen molar-refractivity contribution in [3.8, 4) is 0 Å². The summed E-state index contributed by atoms with van der Waals surface area (Å²) in [6.07, 6.45) is 1.94. The highest BCUT2D eigenvalue weighted by Gasteiger charge is 2.10. The van der Waals surface area contributed by atoms with E-state index in [4.69, 9.17) is 5.73 Å². The fraction of sp³-hybridized carbons (Fsp3) is 0.636. The van der Waals surface area contributed by atoms with Crippen LogP contribution in [0.25, 0.3) is 0 Å². The fourth-order valence-electron chi connectivity index (χ4n) is 1.46. The van der Waals surface area contributed by atoms with Gasteiger partial charge in [0.15, 0.2) is 0 Å². The Balaban J connectivity index is 2.20. The fourth-order valence-corrected chi connectivity index (χ4v) is 1.46. The van der Waals surface area contributed by atoms with Crippen molar-refractivity contribution in [2.24, 2.45) is 17.6 Å². The van der Waals surface area contributed by atoms with Gasteiger partial charge < -0.3 is 16.0 Å². The number of H-pyrrole nitrogens is 1. The van der Waals surface area contributed by atoms with Crippen molar-refractivity contribution in [2.45, 2.75) is 20.4 Å². The molecular formula is C11H21N3. The van der Waals surface area contributed by atoms with Crippen LogP contribution in [0.2, 0.25) is 0 Å². The number of nitrogens with one attached hydrogen (secondary N) is 2. The van der Waals surface area contributed by atoms with Crippen molar-refractivity contribution >= 4 is 0 Å². The quantitative estimate of drug-likeness (QED) is 0.641. The van der Waals surface area contributed by atoms with Crippen LogP contribution in [-0.4, -0.2) is 18.1 Å². The van der Waals surface area contributed by atoms with Crippen LogP contribution in [0.1, 0.15) is 19.5 Å². The standard InChI is InChI=1S/C11H21N3/c1-9(2)10(6-12)7-13-8-11-4-3-5-14-11/h3-5,9-10,13-14H,6-8,12H2,1-2H3. The zero-order valence-corrected chi connectivity index (χ0v) is 9.09. The Morgan fingerprint density at radius 3 is 2.79 bits per heavy atom. The normalized spacial score (nSPS) is 13.4. The number of hydrogen-bond donors (Lipinski definition) is 3. The van der Waals surface area contributed by atoms with E-state index < -0.39 is 0 Å². The van der Waals surface area contributed by atoms with Gasteiger partial charge in [0.05, 0.1) is 0 Å². The molecule has 1 unspecified atom stereocenters. The summed E-state index contributed by atoms with van der Waals surface area (Å²) in [7, 11) is 0. The van der Waals surface area contributed by atoms with Gasteiger partial charge in [0, 0.05) is 18.4 Å².